The second kappa shape index (κ2) is 5.71. The van der Waals surface area contributed by atoms with Gasteiger partial charge in [-0.25, -0.2) is 4.79 Å². The van der Waals surface area contributed by atoms with Gasteiger partial charge in [-0.3, -0.25) is 0 Å². The summed E-state index contributed by atoms with van der Waals surface area (Å²) in [6, 6.07) is 3.60. The van der Waals surface area contributed by atoms with Gasteiger partial charge in [-0.1, -0.05) is 6.92 Å². The molecule has 0 fully saturated rings. The number of ether oxygens (including phenoxy) is 2. The minimum Gasteiger partial charge on any atom is -0.490 e. The minimum absolute atomic E-state index is 0.177. The van der Waals surface area contributed by atoms with E-state index < -0.39 is 0 Å². The zero-order valence-electron chi connectivity index (χ0n) is 11.2. The van der Waals surface area contributed by atoms with E-state index in [-0.39, 0.29) is 12.1 Å². The van der Waals surface area contributed by atoms with Crippen molar-refractivity contribution in [3.8, 4) is 5.75 Å². The van der Waals surface area contributed by atoms with Crippen molar-refractivity contribution in [2.75, 3.05) is 7.11 Å². The highest BCUT2D eigenvalue weighted by atomic mass is 16.5. The van der Waals surface area contributed by atoms with Gasteiger partial charge in [0.25, 0.3) is 0 Å². The normalized spacial score (nSPS) is 12.1. The lowest BCUT2D eigenvalue weighted by atomic mass is 10.1. The van der Waals surface area contributed by atoms with Gasteiger partial charge in [0, 0.05) is 0 Å². The molecule has 1 aromatic rings. The Bertz CT molecular complexity index is 387. The number of hydrogen-bond acceptors (Lipinski definition) is 3. The summed E-state index contributed by atoms with van der Waals surface area (Å²) in [6.45, 7) is 8.00. The molecule has 3 nitrogen and oxygen atoms in total. The molecule has 0 aromatic heterocycles. The molecule has 1 aromatic carbocycles. The summed E-state index contributed by atoms with van der Waals surface area (Å²) in [7, 11) is 1.39. The summed E-state index contributed by atoms with van der Waals surface area (Å²) in [5, 5.41) is 0. The van der Waals surface area contributed by atoms with Crippen LogP contribution in [0.3, 0.4) is 0 Å². The number of benzene rings is 1. The molecular weight excluding hydrogens is 216 g/mol. The lowest BCUT2D eigenvalue weighted by Crippen LogP contribution is -2.12. The molecule has 0 amide bonds. The predicted octanol–water partition coefficient (Wildman–Crippen LogP) is 3.27. The molecule has 0 aliphatic carbocycles. The number of esters is 1. The fraction of sp³-hybridized carbons (Fsp3) is 0.500. The SMILES string of the molecule is CC[C@H](C)Oc1c(C)cc(C(=O)OC)cc1C. The van der Waals surface area contributed by atoms with E-state index in [9.17, 15) is 4.79 Å². The third-order valence-electron chi connectivity index (χ3n) is 2.78. The van der Waals surface area contributed by atoms with E-state index >= 15 is 0 Å². The van der Waals surface area contributed by atoms with Gasteiger partial charge in [-0.15, -0.1) is 0 Å². The number of carbonyl (C=O) groups excluding carboxylic acids is 1. The average Bonchev–Trinajstić information content (AvgIpc) is 2.32. The quantitative estimate of drug-likeness (QED) is 0.753. The molecule has 0 unspecified atom stereocenters. The van der Waals surface area contributed by atoms with E-state index in [1.807, 2.05) is 20.8 Å². The Kier molecular flexibility index (Phi) is 4.55. The topological polar surface area (TPSA) is 35.5 Å². The molecule has 94 valence electrons. The summed E-state index contributed by atoms with van der Waals surface area (Å²) in [6.07, 6.45) is 1.13. The monoisotopic (exact) mass is 236 g/mol. The van der Waals surface area contributed by atoms with Crippen molar-refractivity contribution in [1.29, 1.82) is 0 Å². The zero-order chi connectivity index (χ0) is 13.0. The van der Waals surface area contributed by atoms with Gasteiger partial charge >= 0.3 is 5.97 Å². The molecule has 0 heterocycles. The smallest absolute Gasteiger partial charge is 0.337 e. The molecule has 3 heteroatoms. The second-order valence-electron chi connectivity index (χ2n) is 4.27. The first-order valence-electron chi connectivity index (χ1n) is 5.85. The van der Waals surface area contributed by atoms with Gasteiger partial charge in [0.2, 0.25) is 0 Å². The number of methoxy groups -OCH3 is 1. The Balaban J connectivity index is 3.06. The predicted molar refractivity (Wildman–Crippen MR) is 67.6 cm³/mol. The lowest BCUT2D eigenvalue weighted by Gasteiger charge is -2.17. The average molecular weight is 236 g/mol. The van der Waals surface area contributed by atoms with E-state index in [1.54, 1.807) is 12.1 Å². The Labute approximate surface area is 103 Å². The van der Waals surface area contributed by atoms with Crippen LogP contribution in [0, 0.1) is 13.8 Å². The van der Waals surface area contributed by atoms with Crippen LogP contribution >= 0.6 is 0 Å². The van der Waals surface area contributed by atoms with Crippen LogP contribution in [0.4, 0.5) is 0 Å². The highest BCUT2D eigenvalue weighted by molar-refractivity contribution is 5.90. The molecule has 0 N–H and O–H groups in total. The Morgan fingerprint density at radius 3 is 2.24 bits per heavy atom. The molecule has 1 atom stereocenters. The molecule has 0 radical (unpaired) electrons. The third-order valence-corrected chi connectivity index (χ3v) is 2.78. The Morgan fingerprint density at radius 2 is 1.82 bits per heavy atom. The summed E-state index contributed by atoms with van der Waals surface area (Å²) >= 11 is 0. The highest BCUT2D eigenvalue weighted by Gasteiger charge is 2.13. The van der Waals surface area contributed by atoms with E-state index in [4.69, 9.17) is 9.47 Å². The fourth-order valence-corrected chi connectivity index (χ4v) is 1.66. The van der Waals surface area contributed by atoms with Gasteiger partial charge in [0.05, 0.1) is 18.8 Å². The van der Waals surface area contributed by atoms with E-state index in [0.717, 1.165) is 23.3 Å². The van der Waals surface area contributed by atoms with Gasteiger partial charge in [0.1, 0.15) is 5.75 Å². The van der Waals surface area contributed by atoms with Crippen molar-refractivity contribution < 1.29 is 14.3 Å². The van der Waals surface area contributed by atoms with Crippen molar-refractivity contribution in [2.24, 2.45) is 0 Å². The summed E-state index contributed by atoms with van der Waals surface area (Å²) in [4.78, 5) is 11.4. The maximum atomic E-state index is 11.4. The standard InChI is InChI=1S/C14H20O3/c1-6-11(4)17-13-9(2)7-12(8-10(13)3)14(15)16-5/h7-8,11H,6H2,1-5H3/t11-/m0/s1. The van der Waals surface area contributed by atoms with Gasteiger partial charge in [-0.05, 0) is 50.5 Å². The first kappa shape index (κ1) is 13.6. The molecule has 0 spiro atoms. The first-order chi connectivity index (χ1) is 7.99. The van der Waals surface area contributed by atoms with Crippen LogP contribution in [-0.4, -0.2) is 19.2 Å². The Hall–Kier alpha value is -1.51. The van der Waals surface area contributed by atoms with Gasteiger partial charge in [-0.2, -0.15) is 0 Å². The summed E-state index contributed by atoms with van der Waals surface area (Å²) in [5.41, 5.74) is 2.50. The van der Waals surface area contributed by atoms with E-state index in [2.05, 4.69) is 6.92 Å². The van der Waals surface area contributed by atoms with Crippen molar-refractivity contribution >= 4 is 5.97 Å². The van der Waals surface area contributed by atoms with Crippen LogP contribution in [0.1, 0.15) is 41.8 Å². The van der Waals surface area contributed by atoms with Crippen LogP contribution in [0.2, 0.25) is 0 Å². The highest BCUT2D eigenvalue weighted by Crippen LogP contribution is 2.26. The largest absolute Gasteiger partial charge is 0.490 e. The second-order valence-corrected chi connectivity index (χ2v) is 4.27. The number of carbonyl (C=O) groups is 1. The van der Waals surface area contributed by atoms with Crippen LogP contribution in [0.15, 0.2) is 12.1 Å². The van der Waals surface area contributed by atoms with E-state index in [1.165, 1.54) is 7.11 Å². The number of rotatable bonds is 4. The molecule has 0 saturated heterocycles. The van der Waals surface area contributed by atoms with Gasteiger partial charge in [0.15, 0.2) is 0 Å². The zero-order valence-corrected chi connectivity index (χ0v) is 11.2. The van der Waals surface area contributed by atoms with Crippen LogP contribution in [0.25, 0.3) is 0 Å². The summed E-state index contributed by atoms with van der Waals surface area (Å²) < 4.78 is 10.5. The van der Waals surface area contributed by atoms with E-state index in [0.29, 0.717) is 5.56 Å². The first-order valence-corrected chi connectivity index (χ1v) is 5.85. The van der Waals surface area contributed by atoms with Crippen molar-refractivity contribution in [3.63, 3.8) is 0 Å². The summed E-state index contributed by atoms with van der Waals surface area (Å²) in [5.74, 6) is 0.554. The minimum atomic E-state index is -0.314. The van der Waals surface area contributed by atoms with Crippen molar-refractivity contribution in [2.45, 2.75) is 40.2 Å². The fourth-order valence-electron chi connectivity index (χ4n) is 1.66. The molecule has 0 saturated carbocycles. The van der Waals surface area contributed by atoms with Crippen LogP contribution in [-0.2, 0) is 4.74 Å². The van der Waals surface area contributed by atoms with Crippen LogP contribution < -0.4 is 4.74 Å². The molecule has 1 rings (SSSR count). The number of hydrogen-bond donors (Lipinski definition) is 0. The maximum Gasteiger partial charge on any atom is 0.337 e. The third kappa shape index (κ3) is 3.22. The van der Waals surface area contributed by atoms with Crippen molar-refractivity contribution in [3.05, 3.63) is 28.8 Å². The molecule has 0 bridgehead atoms. The van der Waals surface area contributed by atoms with Gasteiger partial charge < -0.3 is 9.47 Å². The number of aryl methyl sites for hydroxylation is 2. The molecule has 0 aliphatic heterocycles. The molecule has 17 heavy (non-hydrogen) atoms. The van der Waals surface area contributed by atoms with Crippen LogP contribution in [0.5, 0.6) is 5.75 Å². The van der Waals surface area contributed by atoms with Crippen molar-refractivity contribution in [1.82, 2.24) is 0 Å². The molecular formula is C14H20O3. The molecule has 0 aliphatic rings. The maximum absolute atomic E-state index is 11.4. The Morgan fingerprint density at radius 1 is 1.29 bits per heavy atom. The lowest BCUT2D eigenvalue weighted by molar-refractivity contribution is 0.0600.